The number of benzene rings is 2. The molecule has 30 heavy (non-hydrogen) atoms. The minimum absolute atomic E-state index is 0.0805. The van der Waals surface area contributed by atoms with Gasteiger partial charge in [0.05, 0.1) is 30.4 Å². The molecule has 0 radical (unpaired) electrons. The first-order valence-electron chi connectivity index (χ1n) is 10.4. The van der Waals surface area contributed by atoms with Crippen molar-refractivity contribution in [2.24, 2.45) is 5.92 Å². The summed E-state index contributed by atoms with van der Waals surface area (Å²) in [5.74, 6) is -1.02. The molecule has 0 aliphatic carbocycles. The largest absolute Gasteiger partial charge is 0.384 e. The van der Waals surface area contributed by atoms with Crippen molar-refractivity contribution in [3.8, 4) is 0 Å². The average Bonchev–Trinajstić information content (AvgIpc) is 3.04. The van der Waals surface area contributed by atoms with E-state index in [0.29, 0.717) is 31.8 Å². The molecule has 2 amide bonds. The molecule has 158 valence electrons. The number of amides is 2. The second-order valence-electron chi connectivity index (χ2n) is 7.74. The molecule has 2 aromatic rings. The summed E-state index contributed by atoms with van der Waals surface area (Å²) < 4.78 is 18.6. The van der Waals surface area contributed by atoms with Crippen LogP contribution in [0.15, 0.2) is 42.5 Å². The summed E-state index contributed by atoms with van der Waals surface area (Å²) >= 11 is 0. The van der Waals surface area contributed by atoms with Gasteiger partial charge in [0.15, 0.2) is 0 Å². The number of carbonyl (C=O) groups is 2. The fourth-order valence-corrected chi connectivity index (χ4v) is 3.95. The van der Waals surface area contributed by atoms with Crippen molar-refractivity contribution < 1.29 is 18.7 Å². The molecular formula is C23H26FN3O3. The fraction of sp³-hybridized carbons (Fsp3) is 0.391. The number of carbonyl (C=O) groups excluding carboxylic acids is 2. The molecule has 2 N–H and O–H groups in total. The van der Waals surface area contributed by atoms with Gasteiger partial charge in [0.25, 0.3) is 5.91 Å². The number of aryl methyl sites for hydroxylation is 1. The van der Waals surface area contributed by atoms with E-state index in [1.54, 1.807) is 17.0 Å². The summed E-state index contributed by atoms with van der Waals surface area (Å²) in [4.78, 5) is 27.7. The van der Waals surface area contributed by atoms with Gasteiger partial charge in [-0.3, -0.25) is 9.59 Å². The molecule has 1 fully saturated rings. The number of hydrogen-bond acceptors (Lipinski definition) is 4. The van der Waals surface area contributed by atoms with Gasteiger partial charge in [-0.1, -0.05) is 24.3 Å². The molecule has 1 unspecified atom stereocenters. The smallest absolute Gasteiger partial charge is 0.256 e. The van der Waals surface area contributed by atoms with Gasteiger partial charge in [-0.25, -0.2) is 4.39 Å². The summed E-state index contributed by atoms with van der Waals surface area (Å²) in [7, 11) is 0. The Kier molecular flexibility index (Phi) is 6.28. The van der Waals surface area contributed by atoms with E-state index < -0.39 is 5.92 Å². The molecule has 4 rings (SSSR count). The number of ether oxygens (including phenoxy) is 1. The molecule has 2 aromatic carbocycles. The molecule has 2 aliphatic heterocycles. The Balaban J connectivity index is 1.43. The highest BCUT2D eigenvalue weighted by Gasteiger charge is 2.29. The van der Waals surface area contributed by atoms with Gasteiger partial charge in [0, 0.05) is 26.2 Å². The lowest BCUT2D eigenvalue weighted by molar-refractivity contribution is -0.126. The summed E-state index contributed by atoms with van der Waals surface area (Å²) in [6.07, 6.45) is 2.01. The van der Waals surface area contributed by atoms with Crippen molar-refractivity contribution >= 4 is 17.5 Å². The van der Waals surface area contributed by atoms with E-state index in [4.69, 9.17) is 4.74 Å². The van der Waals surface area contributed by atoms with Gasteiger partial charge in [0.2, 0.25) is 5.91 Å². The Hall–Kier alpha value is -2.93. The lowest BCUT2D eigenvalue weighted by Gasteiger charge is -2.26. The average molecular weight is 411 g/mol. The monoisotopic (exact) mass is 411 g/mol. The number of rotatable bonds is 4. The summed E-state index contributed by atoms with van der Waals surface area (Å²) in [5.41, 5.74) is 3.54. The Morgan fingerprint density at radius 2 is 2.03 bits per heavy atom. The van der Waals surface area contributed by atoms with Crippen molar-refractivity contribution in [2.75, 3.05) is 38.2 Å². The van der Waals surface area contributed by atoms with Crippen molar-refractivity contribution in [1.82, 2.24) is 10.2 Å². The van der Waals surface area contributed by atoms with Gasteiger partial charge < -0.3 is 20.3 Å². The van der Waals surface area contributed by atoms with E-state index in [9.17, 15) is 14.0 Å². The third-order valence-corrected chi connectivity index (χ3v) is 5.61. The highest BCUT2D eigenvalue weighted by atomic mass is 19.1. The normalized spacial score (nSPS) is 18.7. The molecule has 2 heterocycles. The van der Waals surface area contributed by atoms with Crippen molar-refractivity contribution in [3.05, 3.63) is 65.0 Å². The predicted octanol–water partition coefficient (Wildman–Crippen LogP) is 2.59. The zero-order chi connectivity index (χ0) is 20.9. The van der Waals surface area contributed by atoms with Crippen LogP contribution in [0.1, 0.15) is 27.9 Å². The van der Waals surface area contributed by atoms with Crippen LogP contribution in [0.2, 0.25) is 0 Å². The summed E-state index contributed by atoms with van der Waals surface area (Å²) in [6, 6.07) is 11.8. The molecule has 1 saturated heterocycles. The van der Waals surface area contributed by atoms with Crippen LogP contribution in [0.25, 0.3) is 0 Å². The van der Waals surface area contributed by atoms with Gasteiger partial charge in [0.1, 0.15) is 5.82 Å². The van der Waals surface area contributed by atoms with Crippen LogP contribution in [-0.4, -0.2) is 49.6 Å². The van der Waals surface area contributed by atoms with Crippen LogP contribution in [0.3, 0.4) is 0 Å². The molecular weight excluding hydrogens is 385 g/mol. The van der Waals surface area contributed by atoms with Crippen LogP contribution >= 0.6 is 0 Å². The van der Waals surface area contributed by atoms with E-state index >= 15 is 0 Å². The maximum Gasteiger partial charge on any atom is 0.256 e. The van der Waals surface area contributed by atoms with Gasteiger partial charge in [-0.05, 0) is 42.2 Å². The molecule has 2 aliphatic rings. The van der Waals surface area contributed by atoms with Crippen molar-refractivity contribution in [2.45, 2.75) is 19.4 Å². The zero-order valence-electron chi connectivity index (χ0n) is 16.8. The second kappa shape index (κ2) is 9.26. The number of anilines is 1. The van der Waals surface area contributed by atoms with E-state index in [2.05, 4.69) is 16.7 Å². The molecule has 7 heteroatoms. The lowest BCUT2D eigenvalue weighted by Crippen LogP contribution is -2.42. The number of fused-ring (bicyclic) bond motifs is 1. The third-order valence-electron chi connectivity index (χ3n) is 5.61. The number of para-hydroxylation sites is 1. The van der Waals surface area contributed by atoms with Crippen LogP contribution in [0, 0.1) is 11.7 Å². The van der Waals surface area contributed by atoms with Crippen LogP contribution in [0.4, 0.5) is 10.1 Å². The van der Waals surface area contributed by atoms with Crippen LogP contribution in [-0.2, 0) is 22.5 Å². The van der Waals surface area contributed by atoms with Gasteiger partial charge in [-0.15, -0.1) is 0 Å². The fourth-order valence-electron chi connectivity index (χ4n) is 3.95. The molecule has 6 nitrogen and oxygen atoms in total. The molecule has 0 saturated carbocycles. The SMILES string of the molecule is O=C(NCc1ccc(F)cc1)C1COCCN(C(=O)c2cccc3c2NCCC3)C1. The first kappa shape index (κ1) is 20.3. The standard InChI is InChI=1S/C23H26FN3O3/c24-19-8-6-16(7-9-19)13-26-22(28)18-14-27(11-12-30-15-18)23(29)20-5-1-3-17-4-2-10-25-21(17)20/h1,3,5-9,18,25H,2,4,10-15H2,(H,26,28). The minimum Gasteiger partial charge on any atom is -0.384 e. The Bertz CT molecular complexity index is 916. The van der Waals surface area contributed by atoms with Gasteiger partial charge >= 0.3 is 0 Å². The Labute approximate surface area is 175 Å². The maximum atomic E-state index is 13.3. The minimum atomic E-state index is -0.454. The maximum absolute atomic E-state index is 13.3. The Morgan fingerprint density at radius 1 is 1.20 bits per heavy atom. The van der Waals surface area contributed by atoms with Crippen LogP contribution < -0.4 is 10.6 Å². The van der Waals surface area contributed by atoms with Crippen molar-refractivity contribution in [1.29, 1.82) is 0 Å². The van der Waals surface area contributed by atoms with Crippen molar-refractivity contribution in [3.63, 3.8) is 0 Å². The second-order valence-corrected chi connectivity index (χ2v) is 7.74. The third kappa shape index (κ3) is 4.62. The first-order chi connectivity index (χ1) is 14.6. The summed E-state index contributed by atoms with van der Waals surface area (Å²) in [5, 5.41) is 6.23. The topological polar surface area (TPSA) is 70.7 Å². The van der Waals surface area contributed by atoms with E-state index in [0.717, 1.165) is 36.2 Å². The quantitative estimate of drug-likeness (QED) is 0.811. The van der Waals surface area contributed by atoms with E-state index in [1.807, 2.05) is 12.1 Å². The van der Waals surface area contributed by atoms with E-state index in [1.165, 1.54) is 12.1 Å². The number of nitrogens with zero attached hydrogens (tertiary/aromatic N) is 1. The predicted molar refractivity (Wildman–Crippen MR) is 112 cm³/mol. The molecule has 0 bridgehead atoms. The molecule has 0 aromatic heterocycles. The zero-order valence-corrected chi connectivity index (χ0v) is 16.8. The molecule has 0 spiro atoms. The Morgan fingerprint density at radius 3 is 2.87 bits per heavy atom. The highest BCUT2D eigenvalue weighted by Crippen LogP contribution is 2.27. The number of hydrogen-bond donors (Lipinski definition) is 2. The van der Waals surface area contributed by atoms with Crippen LogP contribution in [0.5, 0.6) is 0 Å². The number of nitrogens with one attached hydrogen (secondary N) is 2. The van der Waals surface area contributed by atoms with Gasteiger partial charge in [-0.2, -0.15) is 0 Å². The summed E-state index contributed by atoms with van der Waals surface area (Å²) in [6.45, 7) is 2.58. The van der Waals surface area contributed by atoms with E-state index in [-0.39, 0.29) is 24.2 Å². The first-order valence-corrected chi connectivity index (χ1v) is 10.4. The highest BCUT2D eigenvalue weighted by molar-refractivity contribution is 6.00. The number of halogens is 1. The lowest BCUT2D eigenvalue weighted by atomic mass is 9.98. The molecule has 1 atom stereocenters.